The molecular formula is C21H24N2O2S. The van der Waals surface area contributed by atoms with Gasteiger partial charge in [0.2, 0.25) is 0 Å². The van der Waals surface area contributed by atoms with Gasteiger partial charge in [0.1, 0.15) is 5.75 Å². The molecule has 1 aliphatic rings. The van der Waals surface area contributed by atoms with Crippen LogP contribution in [0.5, 0.6) is 10.9 Å². The van der Waals surface area contributed by atoms with Crippen LogP contribution in [0.25, 0.3) is 10.2 Å². The second-order valence-corrected chi connectivity index (χ2v) is 7.78. The van der Waals surface area contributed by atoms with E-state index in [0.717, 1.165) is 47.9 Å². The first-order valence-electron chi connectivity index (χ1n) is 9.29. The van der Waals surface area contributed by atoms with E-state index in [2.05, 4.69) is 28.1 Å². The molecule has 26 heavy (non-hydrogen) atoms. The minimum absolute atomic E-state index is 0.279. The van der Waals surface area contributed by atoms with Crippen LogP contribution in [0.4, 0.5) is 0 Å². The fourth-order valence-electron chi connectivity index (χ4n) is 3.18. The predicted molar refractivity (Wildman–Crippen MR) is 106 cm³/mol. The molecule has 0 radical (unpaired) electrons. The molecule has 1 aromatic heterocycles. The molecule has 1 aliphatic carbocycles. The third kappa shape index (κ3) is 4.41. The van der Waals surface area contributed by atoms with Crippen molar-refractivity contribution >= 4 is 21.6 Å². The highest BCUT2D eigenvalue weighted by molar-refractivity contribution is 7.20. The summed E-state index contributed by atoms with van der Waals surface area (Å²) in [6, 6.07) is 17.1. The Morgan fingerprint density at radius 1 is 1.08 bits per heavy atom. The summed E-state index contributed by atoms with van der Waals surface area (Å²) in [5.41, 5.74) is 2.29. The standard InChI is InChI=1S/C21H24N2O2S/c24-15-3-13-23(17-8-9-17)14-12-16-6-10-18(11-7-16)25-21-22-19-4-1-2-5-20(19)26-21/h1-2,4-7,10-11,17,24H,3,8-9,12-15H2. The number of hydrogen-bond acceptors (Lipinski definition) is 5. The molecular weight excluding hydrogens is 344 g/mol. The molecule has 4 nitrogen and oxygen atoms in total. The lowest BCUT2D eigenvalue weighted by Gasteiger charge is -2.21. The van der Waals surface area contributed by atoms with Gasteiger partial charge in [0.05, 0.1) is 10.2 Å². The largest absolute Gasteiger partial charge is 0.431 e. The van der Waals surface area contributed by atoms with Crippen molar-refractivity contribution in [1.82, 2.24) is 9.88 Å². The minimum atomic E-state index is 0.279. The SMILES string of the molecule is OCCCN(CCc1ccc(Oc2nc3ccccc3s2)cc1)C1CC1. The first-order valence-corrected chi connectivity index (χ1v) is 10.1. The maximum atomic E-state index is 9.06. The number of ether oxygens (including phenoxy) is 1. The molecule has 1 heterocycles. The molecule has 2 aromatic carbocycles. The van der Waals surface area contributed by atoms with E-state index in [1.807, 2.05) is 30.3 Å². The molecule has 0 saturated heterocycles. The van der Waals surface area contributed by atoms with Crippen LogP contribution < -0.4 is 4.74 Å². The van der Waals surface area contributed by atoms with E-state index in [-0.39, 0.29) is 6.61 Å². The Kier molecular flexibility index (Phi) is 5.48. The zero-order valence-corrected chi connectivity index (χ0v) is 15.6. The molecule has 0 aliphatic heterocycles. The Morgan fingerprint density at radius 3 is 2.62 bits per heavy atom. The van der Waals surface area contributed by atoms with E-state index in [4.69, 9.17) is 9.84 Å². The van der Waals surface area contributed by atoms with Gasteiger partial charge in [-0.25, -0.2) is 4.98 Å². The summed E-state index contributed by atoms with van der Waals surface area (Å²) in [5.74, 6) is 0.826. The number of nitrogens with zero attached hydrogens (tertiary/aromatic N) is 2. The number of hydrogen-bond donors (Lipinski definition) is 1. The van der Waals surface area contributed by atoms with Gasteiger partial charge < -0.3 is 9.84 Å². The highest BCUT2D eigenvalue weighted by Gasteiger charge is 2.27. The zero-order chi connectivity index (χ0) is 17.8. The Balaban J connectivity index is 1.34. The molecule has 136 valence electrons. The van der Waals surface area contributed by atoms with Crippen molar-refractivity contribution in [2.75, 3.05) is 19.7 Å². The van der Waals surface area contributed by atoms with Crippen LogP contribution in [0.15, 0.2) is 48.5 Å². The van der Waals surface area contributed by atoms with Crippen molar-refractivity contribution in [2.45, 2.75) is 31.7 Å². The maximum Gasteiger partial charge on any atom is 0.279 e. The molecule has 1 fully saturated rings. The number of rotatable bonds is 9. The van der Waals surface area contributed by atoms with Crippen LogP contribution in [-0.4, -0.2) is 40.7 Å². The maximum absolute atomic E-state index is 9.06. The molecule has 4 rings (SSSR count). The Morgan fingerprint density at radius 2 is 1.88 bits per heavy atom. The fourth-order valence-corrected chi connectivity index (χ4v) is 4.02. The smallest absolute Gasteiger partial charge is 0.279 e. The number of fused-ring (bicyclic) bond motifs is 1. The normalized spacial score (nSPS) is 14.2. The second kappa shape index (κ2) is 8.16. The van der Waals surface area contributed by atoms with E-state index < -0.39 is 0 Å². The van der Waals surface area contributed by atoms with Gasteiger partial charge in [-0.05, 0) is 55.5 Å². The van der Waals surface area contributed by atoms with Gasteiger partial charge in [-0.3, -0.25) is 4.90 Å². The zero-order valence-electron chi connectivity index (χ0n) is 14.8. The summed E-state index contributed by atoms with van der Waals surface area (Å²) >= 11 is 1.57. The third-order valence-corrected chi connectivity index (χ3v) is 5.67. The van der Waals surface area contributed by atoms with Gasteiger partial charge in [-0.15, -0.1) is 0 Å². The van der Waals surface area contributed by atoms with Crippen molar-refractivity contribution in [1.29, 1.82) is 0 Å². The van der Waals surface area contributed by atoms with E-state index in [1.165, 1.54) is 18.4 Å². The summed E-state index contributed by atoms with van der Waals surface area (Å²) < 4.78 is 7.06. The number of aliphatic hydroxyl groups is 1. The number of benzene rings is 2. The van der Waals surface area contributed by atoms with E-state index in [0.29, 0.717) is 5.19 Å². The molecule has 1 saturated carbocycles. The van der Waals surface area contributed by atoms with Crippen LogP contribution in [0.1, 0.15) is 24.8 Å². The van der Waals surface area contributed by atoms with Gasteiger partial charge >= 0.3 is 0 Å². The molecule has 5 heteroatoms. The lowest BCUT2D eigenvalue weighted by molar-refractivity contribution is 0.219. The lowest BCUT2D eigenvalue weighted by atomic mass is 10.1. The van der Waals surface area contributed by atoms with E-state index in [9.17, 15) is 0 Å². The van der Waals surface area contributed by atoms with Crippen LogP contribution in [0.2, 0.25) is 0 Å². The molecule has 0 atom stereocenters. The Labute approximate surface area is 158 Å². The quantitative estimate of drug-likeness (QED) is 0.605. The van der Waals surface area contributed by atoms with Crippen LogP contribution in [-0.2, 0) is 6.42 Å². The van der Waals surface area contributed by atoms with Gasteiger partial charge in [-0.2, -0.15) is 0 Å². The summed E-state index contributed by atoms with van der Waals surface area (Å²) in [6.07, 6.45) is 4.51. The average molecular weight is 369 g/mol. The van der Waals surface area contributed by atoms with Crippen molar-refractivity contribution in [3.05, 3.63) is 54.1 Å². The molecule has 0 spiro atoms. The van der Waals surface area contributed by atoms with E-state index in [1.54, 1.807) is 11.3 Å². The highest BCUT2D eigenvalue weighted by Crippen LogP contribution is 2.31. The van der Waals surface area contributed by atoms with Gasteiger partial charge in [0.25, 0.3) is 5.19 Å². The number of thiazole rings is 1. The monoisotopic (exact) mass is 368 g/mol. The molecule has 3 aromatic rings. The van der Waals surface area contributed by atoms with Crippen LogP contribution in [0, 0.1) is 0 Å². The van der Waals surface area contributed by atoms with Crippen molar-refractivity contribution in [3.63, 3.8) is 0 Å². The van der Waals surface area contributed by atoms with Gasteiger partial charge in [0, 0.05) is 25.7 Å². The second-order valence-electron chi connectivity index (χ2n) is 6.79. The van der Waals surface area contributed by atoms with Gasteiger partial charge in [-0.1, -0.05) is 35.6 Å². The molecule has 1 N–H and O–H groups in total. The average Bonchev–Trinajstić information content (AvgIpc) is 3.42. The number of aliphatic hydroxyl groups excluding tert-OH is 1. The Bertz CT molecular complexity index is 810. The third-order valence-electron chi connectivity index (χ3n) is 4.76. The van der Waals surface area contributed by atoms with Crippen molar-refractivity contribution < 1.29 is 9.84 Å². The topological polar surface area (TPSA) is 45.6 Å². The highest BCUT2D eigenvalue weighted by atomic mass is 32.1. The summed E-state index contributed by atoms with van der Waals surface area (Å²) in [7, 11) is 0. The first-order chi connectivity index (χ1) is 12.8. The predicted octanol–water partition coefficient (Wildman–Crippen LogP) is 4.48. The number of para-hydroxylation sites is 1. The lowest BCUT2D eigenvalue weighted by Crippen LogP contribution is -2.30. The van der Waals surface area contributed by atoms with Crippen molar-refractivity contribution in [3.8, 4) is 10.9 Å². The molecule has 0 unspecified atom stereocenters. The number of aromatic nitrogens is 1. The Hall–Kier alpha value is -1.95. The molecule has 0 amide bonds. The minimum Gasteiger partial charge on any atom is -0.431 e. The summed E-state index contributed by atoms with van der Waals surface area (Å²) in [6.45, 7) is 2.34. The summed E-state index contributed by atoms with van der Waals surface area (Å²) in [4.78, 5) is 7.03. The first kappa shape index (κ1) is 17.5. The van der Waals surface area contributed by atoms with Crippen LogP contribution in [0.3, 0.4) is 0 Å². The van der Waals surface area contributed by atoms with Crippen LogP contribution >= 0.6 is 11.3 Å². The van der Waals surface area contributed by atoms with Crippen molar-refractivity contribution in [2.24, 2.45) is 0 Å². The molecule has 0 bridgehead atoms. The van der Waals surface area contributed by atoms with Gasteiger partial charge in [0.15, 0.2) is 0 Å². The fraction of sp³-hybridized carbons (Fsp3) is 0.381. The summed E-state index contributed by atoms with van der Waals surface area (Å²) in [5, 5.41) is 9.74. The van der Waals surface area contributed by atoms with E-state index >= 15 is 0 Å².